The number of nitrogens with one attached hydrogen (secondary N) is 1. The van der Waals surface area contributed by atoms with Gasteiger partial charge >= 0.3 is 0 Å². The topological polar surface area (TPSA) is 59.3 Å². The zero-order valence-corrected chi connectivity index (χ0v) is 22.5. The van der Waals surface area contributed by atoms with Crippen molar-refractivity contribution in [3.05, 3.63) is 112 Å². The van der Waals surface area contributed by atoms with Crippen LogP contribution in [0.25, 0.3) is 23.0 Å². The van der Waals surface area contributed by atoms with E-state index in [4.69, 9.17) is 0 Å². The zero-order chi connectivity index (χ0) is 26.2. The highest BCUT2D eigenvalue weighted by Crippen LogP contribution is 2.26. The van der Waals surface area contributed by atoms with Crippen LogP contribution >= 0.6 is 11.3 Å². The molecule has 0 saturated carbocycles. The zero-order valence-electron chi connectivity index (χ0n) is 21.6. The fourth-order valence-corrected chi connectivity index (χ4v) is 5.27. The molecule has 0 amide bonds. The van der Waals surface area contributed by atoms with Gasteiger partial charge in [0.1, 0.15) is 0 Å². The van der Waals surface area contributed by atoms with E-state index in [0.717, 1.165) is 29.9 Å². The van der Waals surface area contributed by atoms with Crippen molar-refractivity contribution in [2.24, 2.45) is 0 Å². The second kappa shape index (κ2) is 12.5. The molecule has 0 unspecified atom stereocenters. The summed E-state index contributed by atoms with van der Waals surface area (Å²) < 4.78 is 1.76. The molecule has 1 N–H and O–H groups in total. The Morgan fingerprint density at radius 3 is 2.71 bits per heavy atom. The lowest BCUT2D eigenvalue weighted by Gasteiger charge is -2.13. The number of carbonyl (C=O) groups is 1. The van der Waals surface area contributed by atoms with Gasteiger partial charge in [-0.05, 0) is 48.1 Å². The smallest absolute Gasteiger partial charge is 0.208 e. The third-order valence-electron chi connectivity index (χ3n) is 6.59. The van der Waals surface area contributed by atoms with Gasteiger partial charge < -0.3 is 5.32 Å². The molecular weight excluding hydrogens is 488 g/mol. The Bertz CT molecular complexity index is 1520. The number of benzene rings is 2. The average molecular weight is 521 g/mol. The van der Waals surface area contributed by atoms with Crippen molar-refractivity contribution in [2.45, 2.75) is 39.0 Å². The highest BCUT2D eigenvalue weighted by Gasteiger charge is 2.18. The van der Waals surface area contributed by atoms with Crippen LogP contribution in [-0.2, 0) is 0 Å². The van der Waals surface area contributed by atoms with Crippen molar-refractivity contribution in [2.75, 3.05) is 11.9 Å². The number of rotatable bonds is 12. The number of carbonyl (C=O) groups excluding carboxylic acids is 1. The summed E-state index contributed by atoms with van der Waals surface area (Å²) in [6, 6.07) is 24.5. The Labute approximate surface area is 227 Å². The first kappa shape index (κ1) is 25.6. The molecule has 0 spiro atoms. The fourth-order valence-electron chi connectivity index (χ4n) is 4.59. The third-order valence-corrected chi connectivity index (χ3v) is 7.46. The molecule has 0 aliphatic carbocycles. The lowest BCUT2D eigenvalue weighted by molar-refractivity contribution is 0.104. The highest BCUT2D eigenvalue weighted by atomic mass is 32.1. The van der Waals surface area contributed by atoms with Crippen molar-refractivity contribution >= 4 is 34.5 Å². The van der Waals surface area contributed by atoms with Crippen LogP contribution in [0.3, 0.4) is 0 Å². The molecule has 192 valence electrons. The summed E-state index contributed by atoms with van der Waals surface area (Å²) in [6.45, 7) is 3.04. The van der Waals surface area contributed by atoms with Crippen molar-refractivity contribution in [3.63, 3.8) is 0 Å². The minimum Gasteiger partial charge on any atom is -0.381 e. The molecule has 2 aromatic carbocycles. The molecular formula is C32H32N4OS. The van der Waals surface area contributed by atoms with Gasteiger partial charge in [-0.15, -0.1) is 11.3 Å². The predicted octanol–water partition coefficient (Wildman–Crippen LogP) is 8.15. The standard InChI is InChI=1S/C32H32N4OS/c1-2-3-4-6-13-25(20-24-11-7-5-8-12-24)22-34-27-15-9-14-26(21-27)29-17-18-33-32-28(23-35-36(29)32)31(37)30-16-10-19-38-30/h5,7-12,14-21,23,34H,2-4,6,13,22H2,1H3/b25-20+. The molecule has 0 saturated heterocycles. The molecule has 5 aromatic rings. The maximum atomic E-state index is 13.0. The Balaban J connectivity index is 1.36. The summed E-state index contributed by atoms with van der Waals surface area (Å²) in [6.07, 6.45) is 11.7. The number of thiophene rings is 1. The Hall–Kier alpha value is -4.03. The molecule has 5 rings (SSSR count). The number of nitrogens with zero attached hydrogens (tertiary/aromatic N) is 3. The molecule has 0 atom stereocenters. The second-order valence-corrected chi connectivity index (χ2v) is 10.3. The van der Waals surface area contributed by atoms with E-state index < -0.39 is 0 Å². The second-order valence-electron chi connectivity index (χ2n) is 9.39. The lowest BCUT2D eigenvalue weighted by Crippen LogP contribution is -2.05. The van der Waals surface area contributed by atoms with Gasteiger partial charge in [-0.1, -0.05) is 86.4 Å². The van der Waals surface area contributed by atoms with Gasteiger partial charge in [0.15, 0.2) is 5.65 Å². The number of hydrogen-bond donors (Lipinski definition) is 1. The van der Waals surface area contributed by atoms with Gasteiger partial charge in [-0.2, -0.15) is 5.10 Å². The number of unbranched alkanes of at least 4 members (excludes halogenated alkanes) is 3. The number of aromatic nitrogens is 3. The van der Waals surface area contributed by atoms with Crippen LogP contribution in [0.1, 0.15) is 59.8 Å². The normalized spacial score (nSPS) is 11.7. The summed E-state index contributed by atoms with van der Waals surface area (Å²) in [4.78, 5) is 18.1. The van der Waals surface area contributed by atoms with Crippen LogP contribution in [0.2, 0.25) is 0 Å². The highest BCUT2D eigenvalue weighted by molar-refractivity contribution is 7.12. The number of ketones is 1. The molecule has 5 nitrogen and oxygen atoms in total. The van der Waals surface area contributed by atoms with E-state index in [-0.39, 0.29) is 5.78 Å². The Morgan fingerprint density at radius 2 is 1.89 bits per heavy atom. The summed E-state index contributed by atoms with van der Waals surface area (Å²) in [5.41, 5.74) is 6.66. The maximum absolute atomic E-state index is 13.0. The van der Waals surface area contributed by atoms with Gasteiger partial charge in [-0.3, -0.25) is 4.79 Å². The van der Waals surface area contributed by atoms with E-state index >= 15 is 0 Å². The van der Waals surface area contributed by atoms with Crippen LogP contribution in [-0.4, -0.2) is 26.9 Å². The van der Waals surface area contributed by atoms with Crippen molar-refractivity contribution in [1.29, 1.82) is 0 Å². The van der Waals surface area contributed by atoms with E-state index in [1.165, 1.54) is 48.2 Å². The summed E-state index contributed by atoms with van der Waals surface area (Å²) in [7, 11) is 0. The number of fused-ring (bicyclic) bond motifs is 1. The van der Waals surface area contributed by atoms with Gasteiger partial charge in [0.2, 0.25) is 5.78 Å². The van der Waals surface area contributed by atoms with Gasteiger partial charge in [-0.25, -0.2) is 9.50 Å². The van der Waals surface area contributed by atoms with Crippen molar-refractivity contribution in [3.8, 4) is 11.3 Å². The molecule has 0 aliphatic heterocycles. The number of anilines is 1. The van der Waals surface area contributed by atoms with E-state index in [1.807, 2.05) is 29.6 Å². The van der Waals surface area contributed by atoms with Crippen LogP contribution in [0, 0.1) is 0 Å². The summed E-state index contributed by atoms with van der Waals surface area (Å²) in [5, 5.41) is 10.1. The molecule has 0 aliphatic rings. The molecule has 6 heteroatoms. The number of hydrogen-bond acceptors (Lipinski definition) is 5. The molecule has 0 bridgehead atoms. The fraction of sp³-hybridized carbons (Fsp3) is 0.219. The Morgan fingerprint density at radius 1 is 1.00 bits per heavy atom. The molecule has 3 heterocycles. The van der Waals surface area contributed by atoms with Crippen LogP contribution in [0.4, 0.5) is 5.69 Å². The molecule has 0 fully saturated rings. The van der Waals surface area contributed by atoms with Gasteiger partial charge in [0, 0.05) is 24.0 Å². The quantitative estimate of drug-likeness (QED) is 0.133. The third kappa shape index (κ3) is 6.09. The monoisotopic (exact) mass is 520 g/mol. The van der Waals surface area contributed by atoms with Crippen molar-refractivity contribution < 1.29 is 4.79 Å². The average Bonchev–Trinajstić information content (AvgIpc) is 3.65. The van der Waals surface area contributed by atoms with E-state index in [1.54, 1.807) is 16.9 Å². The SMILES string of the molecule is CCCCCC/C(=C\c1ccccc1)CNc1cccc(-c2ccnc3c(C(=O)c4cccs4)cnn23)c1. The first-order chi connectivity index (χ1) is 18.7. The first-order valence-corrected chi connectivity index (χ1v) is 14.1. The van der Waals surface area contributed by atoms with E-state index in [0.29, 0.717) is 16.1 Å². The lowest BCUT2D eigenvalue weighted by atomic mass is 10.0. The minimum atomic E-state index is -0.0493. The van der Waals surface area contributed by atoms with Crippen LogP contribution in [0.15, 0.2) is 96.1 Å². The molecule has 3 aromatic heterocycles. The Kier molecular flexibility index (Phi) is 8.41. The maximum Gasteiger partial charge on any atom is 0.208 e. The van der Waals surface area contributed by atoms with Crippen molar-refractivity contribution in [1.82, 2.24) is 14.6 Å². The van der Waals surface area contributed by atoms with Gasteiger partial charge in [0.25, 0.3) is 0 Å². The first-order valence-electron chi connectivity index (χ1n) is 13.2. The minimum absolute atomic E-state index is 0.0493. The predicted molar refractivity (Wildman–Crippen MR) is 158 cm³/mol. The van der Waals surface area contributed by atoms with E-state index in [9.17, 15) is 4.79 Å². The van der Waals surface area contributed by atoms with Crippen LogP contribution < -0.4 is 5.32 Å². The largest absolute Gasteiger partial charge is 0.381 e. The summed E-state index contributed by atoms with van der Waals surface area (Å²) >= 11 is 1.43. The summed E-state index contributed by atoms with van der Waals surface area (Å²) in [5.74, 6) is -0.0493. The van der Waals surface area contributed by atoms with E-state index in [2.05, 4.69) is 76.9 Å². The molecule has 0 radical (unpaired) electrons. The molecule has 38 heavy (non-hydrogen) atoms. The van der Waals surface area contributed by atoms with Gasteiger partial charge in [0.05, 0.1) is 22.3 Å². The van der Waals surface area contributed by atoms with Crippen LogP contribution in [0.5, 0.6) is 0 Å².